The number of piperazine rings is 1. The number of hydrogen-bond donors (Lipinski definition) is 2. The Balaban J connectivity index is 1.55. The first kappa shape index (κ1) is 20.4. The van der Waals surface area contributed by atoms with Crippen LogP contribution in [-0.4, -0.2) is 38.6 Å². The van der Waals surface area contributed by atoms with E-state index >= 15 is 0 Å². The standard InChI is InChI=1S/C24H33N3O/c1-5-18(2)21-10-6-7-11-22(21)25-24(28)17-26-13-15-27(16-14-26)23-12-8-9-19(3)20(23)4/h6-12,18H,5,13-17H2,1-4H3,(H,25,28)/p+1/t18-/m0/s1. The van der Waals surface area contributed by atoms with E-state index in [1.165, 1.54) is 27.3 Å². The maximum atomic E-state index is 12.6. The van der Waals surface area contributed by atoms with E-state index in [2.05, 4.69) is 68.2 Å². The first-order valence-electron chi connectivity index (χ1n) is 10.5. The Labute approximate surface area is 169 Å². The second-order valence-corrected chi connectivity index (χ2v) is 8.08. The molecular weight excluding hydrogens is 346 g/mol. The summed E-state index contributed by atoms with van der Waals surface area (Å²) >= 11 is 0. The summed E-state index contributed by atoms with van der Waals surface area (Å²) in [6, 6.07) is 14.7. The average Bonchev–Trinajstić information content (AvgIpc) is 2.70. The molecule has 150 valence electrons. The molecule has 0 saturated carbocycles. The molecule has 1 aliphatic heterocycles. The SMILES string of the molecule is CC[C@H](C)c1ccccc1NC(=O)C[NH+]1CCN(c2cccc(C)c2C)CC1. The summed E-state index contributed by atoms with van der Waals surface area (Å²) in [6.07, 6.45) is 1.07. The normalized spacial score (nSPS) is 16.1. The summed E-state index contributed by atoms with van der Waals surface area (Å²) in [5.41, 5.74) is 6.24. The zero-order valence-corrected chi connectivity index (χ0v) is 17.7. The Morgan fingerprint density at radius 2 is 1.82 bits per heavy atom. The number of nitrogens with one attached hydrogen (secondary N) is 2. The van der Waals surface area contributed by atoms with Crippen LogP contribution in [-0.2, 0) is 4.79 Å². The molecule has 2 N–H and O–H groups in total. The van der Waals surface area contributed by atoms with Gasteiger partial charge in [0.2, 0.25) is 0 Å². The Morgan fingerprint density at radius 1 is 1.11 bits per heavy atom. The van der Waals surface area contributed by atoms with Crippen molar-refractivity contribution < 1.29 is 9.69 Å². The third-order valence-electron chi connectivity index (χ3n) is 6.18. The monoisotopic (exact) mass is 380 g/mol. The van der Waals surface area contributed by atoms with E-state index in [1.54, 1.807) is 0 Å². The maximum absolute atomic E-state index is 12.6. The van der Waals surface area contributed by atoms with E-state index in [4.69, 9.17) is 0 Å². The summed E-state index contributed by atoms with van der Waals surface area (Å²) in [4.78, 5) is 16.5. The van der Waals surface area contributed by atoms with Gasteiger partial charge in [-0.2, -0.15) is 0 Å². The largest absolute Gasteiger partial charge is 0.360 e. The number of nitrogens with zero attached hydrogens (tertiary/aromatic N) is 1. The van der Waals surface area contributed by atoms with E-state index in [1.807, 2.05) is 12.1 Å². The third kappa shape index (κ3) is 4.74. The van der Waals surface area contributed by atoms with Gasteiger partial charge in [0.05, 0.1) is 26.2 Å². The van der Waals surface area contributed by atoms with Crippen LogP contribution in [0.3, 0.4) is 0 Å². The Kier molecular flexibility index (Phi) is 6.74. The van der Waals surface area contributed by atoms with E-state index < -0.39 is 0 Å². The molecule has 0 radical (unpaired) electrons. The van der Waals surface area contributed by atoms with Crippen LogP contribution in [0, 0.1) is 13.8 Å². The highest BCUT2D eigenvalue weighted by Crippen LogP contribution is 2.26. The fourth-order valence-corrected chi connectivity index (χ4v) is 4.00. The van der Waals surface area contributed by atoms with Crippen molar-refractivity contribution in [2.45, 2.75) is 40.0 Å². The van der Waals surface area contributed by atoms with Gasteiger partial charge in [0.15, 0.2) is 6.54 Å². The lowest BCUT2D eigenvalue weighted by atomic mass is 9.97. The van der Waals surface area contributed by atoms with E-state index in [0.717, 1.165) is 38.3 Å². The number of rotatable bonds is 6. The van der Waals surface area contributed by atoms with Crippen molar-refractivity contribution in [3.05, 3.63) is 59.2 Å². The van der Waals surface area contributed by atoms with Crippen LogP contribution in [0.4, 0.5) is 11.4 Å². The van der Waals surface area contributed by atoms with Crippen molar-refractivity contribution in [1.82, 2.24) is 0 Å². The molecule has 1 heterocycles. The lowest BCUT2D eigenvalue weighted by molar-refractivity contribution is -0.892. The second kappa shape index (κ2) is 9.24. The predicted molar refractivity (Wildman–Crippen MR) is 117 cm³/mol. The molecule has 0 aliphatic carbocycles. The molecule has 0 bridgehead atoms. The molecule has 3 rings (SSSR count). The lowest BCUT2D eigenvalue weighted by Crippen LogP contribution is -3.15. The molecular formula is C24H34N3O+. The van der Waals surface area contributed by atoms with Gasteiger partial charge in [-0.25, -0.2) is 0 Å². The van der Waals surface area contributed by atoms with Crippen LogP contribution in [0.15, 0.2) is 42.5 Å². The van der Waals surface area contributed by atoms with Crippen molar-refractivity contribution in [1.29, 1.82) is 0 Å². The first-order chi connectivity index (χ1) is 13.5. The van der Waals surface area contributed by atoms with Crippen molar-refractivity contribution in [3.8, 4) is 0 Å². The molecule has 2 aromatic carbocycles. The van der Waals surface area contributed by atoms with Crippen molar-refractivity contribution >= 4 is 17.3 Å². The fourth-order valence-electron chi connectivity index (χ4n) is 4.00. The first-order valence-corrected chi connectivity index (χ1v) is 10.5. The van der Waals surface area contributed by atoms with E-state index in [0.29, 0.717) is 12.5 Å². The molecule has 1 aliphatic rings. The third-order valence-corrected chi connectivity index (χ3v) is 6.18. The van der Waals surface area contributed by atoms with Crippen molar-refractivity contribution in [3.63, 3.8) is 0 Å². The molecule has 4 heteroatoms. The van der Waals surface area contributed by atoms with E-state index in [9.17, 15) is 4.79 Å². The van der Waals surface area contributed by atoms with Crippen LogP contribution in [0.5, 0.6) is 0 Å². The van der Waals surface area contributed by atoms with Gasteiger partial charge in [-0.3, -0.25) is 4.79 Å². The Hall–Kier alpha value is -2.33. The van der Waals surface area contributed by atoms with Gasteiger partial charge < -0.3 is 15.1 Å². The number of anilines is 2. The number of carbonyl (C=O) groups is 1. The number of para-hydroxylation sites is 1. The molecule has 28 heavy (non-hydrogen) atoms. The molecule has 4 nitrogen and oxygen atoms in total. The van der Waals surface area contributed by atoms with Gasteiger partial charge >= 0.3 is 0 Å². The number of aryl methyl sites for hydroxylation is 1. The van der Waals surface area contributed by atoms with Gasteiger partial charge in [-0.05, 0) is 55.0 Å². The Bertz CT molecular complexity index is 809. The summed E-state index contributed by atoms with van der Waals surface area (Å²) in [7, 11) is 0. The molecule has 0 spiro atoms. The minimum Gasteiger partial charge on any atom is -0.360 e. The molecule has 0 unspecified atom stereocenters. The molecule has 2 aromatic rings. The second-order valence-electron chi connectivity index (χ2n) is 8.08. The Morgan fingerprint density at radius 3 is 2.54 bits per heavy atom. The molecule has 1 amide bonds. The van der Waals surface area contributed by atoms with E-state index in [-0.39, 0.29) is 5.91 Å². The highest BCUT2D eigenvalue weighted by molar-refractivity contribution is 5.92. The smallest absolute Gasteiger partial charge is 0.279 e. The van der Waals surface area contributed by atoms with Gasteiger partial charge in [0.25, 0.3) is 5.91 Å². The van der Waals surface area contributed by atoms with Crippen LogP contribution < -0.4 is 15.1 Å². The lowest BCUT2D eigenvalue weighted by Gasteiger charge is -2.34. The van der Waals surface area contributed by atoms with Crippen molar-refractivity contribution in [2.75, 3.05) is 42.9 Å². The summed E-state index contributed by atoms with van der Waals surface area (Å²) < 4.78 is 0. The van der Waals surface area contributed by atoms with Crippen LogP contribution in [0.2, 0.25) is 0 Å². The highest BCUT2D eigenvalue weighted by Gasteiger charge is 2.23. The molecule has 1 saturated heterocycles. The topological polar surface area (TPSA) is 36.8 Å². The minimum atomic E-state index is 0.117. The number of amides is 1. The summed E-state index contributed by atoms with van der Waals surface area (Å²) in [5.74, 6) is 0.566. The number of carbonyl (C=O) groups excluding carboxylic acids is 1. The van der Waals surface area contributed by atoms with Crippen LogP contribution in [0.25, 0.3) is 0 Å². The highest BCUT2D eigenvalue weighted by atomic mass is 16.2. The van der Waals surface area contributed by atoms with Gasteiger partial charge in [-0.1, -0.05) is 44.2 Å². The molecule has 1 atom stereocenters. The molecule has 0 aromatic heterocycles. The van der Waals surface area contributed by atoms with Gasteiger partial charge in [0, 0.05) is 11.4 Å². The van der Waals surface area contributed by atoms with Crippen molar-refractivity contribution in [2.24, 2.45) is 0 Å². The number of quaternary nitrogens is 1. The maximum Gasteiger partial charge on any atom is 0.279 e. The summed E-state index contributed by atoms with van der Waals surface area (Å²) in [6.45, 7) is 13.3. The predicted octanol–water partition coefficient (Wildman–Crippen LogP) is 3.16. The zero-order chi connectivity index (χ0) is 20.1. The van der Waals surface area contributed by atoms with Gasteiger partial charge in [0.1, 0.15) is 0 Å². The zero-order valence-electron chi connectivity index (χ0n) is 17.7. The minimum absolute atomic E-state index is 0.117. The fraction of sp³-hybridized carbons (Fsp3) is 0.458. The molecule has 1 fully saturated rings. The van der Waals surface area contributed by atoms with Gasteiger partial charge in [-0.15, -0.1) is 0 Å². The van der Waals surface area contributed by atoms with Crippen LogP contribution in [0.1, 0.15) is 42.9 Å². The quantitative estimate of drug-likeness (QED) is 0.808. The number of hydrogen-bond acceptors (Lipinski definition) is 2. The summed E-state index contributed by atoms with van der Waals surface area (Å²) in [5, 5.41) is 3.16. The number of benzene rings is 2. The van der Waals surface area contributed by atoms with Crippen LogP contribution >= 0.6 is 0 Å². The average molecular weight is 381 g/mol.